The number of hydrogen-bond acceptors (Lipinski definition) is 2. The lowest BCUT2D eigenvalue weighted by Crippen LogP contribution is -2.40. The van der Waals surface area contributed by atoms with E-state index in [1.165, 1.54) is 23.6 Å². The third-order valence-corrected chi connectivity index (χ3v) is 16.2. The largest absolute Gasteiger partial charge is 0.465 e. The van der Waals surface area contributed by atoms with Gasteiger partial charge in [0.15, 0.2) is 0 Å². The highest BCUT2D eigenvalue weighted by atomic mass is 16.5. The third kappa shape index (κ3) is 1.77. The van der Waals surface area contributed by atoms with Crippen LogP contribution in [-0.2, 0) is 42.3 Å². The van der Waals surface area contributed by atoms with Crippen molar-refractivity contribution in [2.45, 2.75) is 43.4 Å². The van der Waals surface area contributed by atoms with Gasteiger partial charge in [-0.05, 0) is 213 Å². The van der Waals surface area contributed by atoms with Gasteiger partial charge in [0, 0.05) is 11.3 Å². The number of carbonyl (C=O) groups excluding carboxylic acids is 1. The molecule has 2 atom stereocenters. The van der Waals surface area contributed by atoms with Gasteiger partial charge >= 0.3 is 5.97 Å². The lowest BCUT2D eigenvalue weighted by molar-refractivity contribution is 0.0600. The molecule has 12 aromatic rings. The van der Waals surface area contributed by atoms with Crippen molar-refractivity contribution in [3.8, 4) is 0 Å². The van der Waals surface area contributed by atoms with Crippen molar-refractivity contribution in [3.05, 3.63) is 110 Å². The van der Waals surface area contributed by atoms with E-state index in [-0.39, 0.29) is 11.4 Å². The molecule has 2 unspecified atom stereocenters. The number of carbonyl (C=O) groups is 1. The van der Waals surface area contributed by atoms with Crippen LogP contribution in [-0.4, -0.2) is 13.1 Å². The van der Waals surface area contributed by atoms with Crippen LogP contribution in [0.4, 0.5) is 0 Å². The molecule has 6 aliphatic rings. The summed E-state index contributed by atoms with van der Waals surface area (Å²) in [5, 5.41) is 31.7. The summed E-state index contributed by atoms with van der Waals surface area (Å²) in [5.41, 5.74) is 17.4. The molecule has 0 amide bonds. The zero-order valence-corrected chi connectivity index (χ0v) is 27.5. The van der Waals surface area contributed by atoms with E-state index in [9.17, 15) is 4.79 Å². The molecule has 0 bridgehead atoms. The summed E-state index contributed by atoms with van der Waals surface area (Å²) in [5.74, 6) is 0.113. The number of benzene rings is 8. The first-order chi connectivity index (χ1) is 25.1. The van der Waals surface area contributed by atoms with E-state index in [2.05, 4.69) is 42.5 Å². The fourth-order valence-corrected chi connectivity index (χ4v) is 15.0. The summed E-state index contributed by atoms with van der Waals surface area (Å²) in [6.07, 6.45) is 7.84. The van der Waals surface area contributed by atoms with Crippen LogP contribution in [0.2, 0.25) is 0 Å². The van der Waals surface area contributed by atoms with Gasteiger partial charge in [-0.25, -0.2) is 4.79 Å². The van der Waals surface area contributed by atoms with Gasteiger partial charge in [0.05, 0.1) is 12.7 Å². The van der Waals surface area contributed by atoms with Gasteiger partial charge in [0.2, 0.25) is 0 Å². The molecule has 6 aliphatic carbocycles. The maximum absolute atomic E-state index is 12.9. The molecule has 2 heteroatoms. The molecular formula is C49H22O2. The molecule has 1 spiro atoms. The van der Waals surface area contributed by atoms with Crippen molar-refractivity contribution < 1.29 is 9.53 Å². The zero-order chi connectivity index (χ0) is 32.0. The van der Waals surface area contributed by atoms with Crippen molar-refractivity contribution in [2.75, 3.05) is 7.11 Å². The molecule has 0 saturated heterocycles. The van der Waals surface area contributed by atoms with E-state index in [0.29, 0.717) is 11.5 Å². The molecule has 2 nitrogen and oxygen atoms in total. The topological polar surface area (TPSA) is 26.3 Å². The summed E-state index contributed by atoms with van der Waals surface area (Å²) >= 11 is 0. The predicted octanol–water partition coefficient (Wildman–Crippen LogP) is 11.0. The minimum atomic E-state index is -0.241. The van der Waals surface area contributed by atoms with E-state index in [1.54, 1.807) is 152 Å². The number of hydrogen-bond donors (Lipinski definition) is 0. The monoisotopic (exact) mass is 642 g/mol. The van der Waals surface area contributed by atoms with Gasteiger partial charge < -0.3 is 4.74 Å². The Hall–Kier alpha value is -5.73. The molecule has 51 heavy (non-hydrogen) atoms. The third-order valence-electron chi connectivity index (χ3n) is 16.2. The first kappa shape index (κ1) is 22.9. The van der Waals surface area contributed by atoms with Crippen molar-refractivity contribution in [2.24, 2.45) is 0 Å². The number of fused-ring (bicyclic) bond motifs is 2. The second-order valence-electron chi connectivity index (χ2n) is 17.6. The fraction of sp³-hybridized carbons (Fsp3) is 0.163. The maximum Gasteiger partial charge on any atom is 0.337 e. The average Bonchev–Trinajstić information content (AvgIpc) is 3.97. The highest BCUT2D eigenvalue weighted by Crippen LogP contribution is 2.72. The number of rotatable bonds is 1. The number of allylic oxidation sites excluding steroid dienone is 2. The molecule has 0 heterocycles. The molecule has 0 aliphatic heterocycles. The first-order valence-electron chi connectivity index (χ1n) is 18.9. The van der Waals surface area contributed by atoms with Crippen molar-refractivity contribution >= 4 is 119 Å². The predicted molar refractivity (Wildman–Crippen MR) is 207 cm³/mol. The van der Waals surface area contributed by atoms with Crippen LogP contribution < -0.4 is 0 Å². The lowest BCUT2D eigenvalue weighted by Gasteiger charge is -2.46. The molecule has 12 aromatic carbocycles. The number of methoxy groups -OCH3 is 1. The van der Waals surface area contributed by atoms with Gasteiger partial charge in [0.1, 0.15) is 0 Å². The first-order valence-corrected chi connectivity index (χ1v) is 18.9. The lowest BCUT2D eigenvalue weighted by atomic mass is 9.56. The van der Waals surface area contributed by atoms with Crippen LogP contribution in [0.15, 0.2) is 48.5 Å². The molecule has 0 aromatic heterocycles. The van der Waals surface area contributed by atoms with E-state index >= 15 is 0 Å². The van der Waals surface area contributed by atoms with Gasteiger partial charge in [-0.1, -0.05) is 36.4 Å². The molecule has 0 N–H and O–H groups in total. The second-order valence-corrected chi connectivity index (χ2v) is 17.6. The highest BCUT2D eigenvalue weighted by Gasteiger charge is 2.55. The van der Waals surface area contributed by atoms with Crippen molar-refractivity contribution in [1.29, 1.82) is 0 Å². The van der Waals surface area contributed by atoms with Crippen LogP contribution in [0.25, 0.3) is 113 Å². The minimum absolute atomic E-state index is 0.136. The minimum Gasteiger partial charge on any atom is -0.465 e. The normalized spacial score (nSPS) is 21.9. The summed E-state index contributed by atoms with van der Waals surface area (Å²) in [6, 6.07) is 17.0. The van der Waals surface area contributed by atoms with Crippen molar-refractivity contribution in [3.63, 3.8) is 0 Å². The maximum atomic E-state index is 12.9. The van der Waals surface area contributed by atoms with E-state index < -0.39 is 0 Å². The van der Waals surface area contributed by atoms with E-state index in [0.717, 1.165) is 32.1 Å². The second kappa shape index (κ2) is 6.13. The standard InChI is InChI=1S/C49H22O2/c1-51-48(50)16-3-2-15-12-26-25-11-22-9-19-7-20-6-17-5-18-8-21-10-24-14-49(26,13-23(15)4-16)47-33(24)38-32(21)37-28(18)27(17)35-31(20)36-29(19)30(22)39-34(25)46(47)45-43(38)41(37)40(35)42(36)44(39)45/h2-4,6,8-9,11,14,26H,5,7,10,12-13H2,1H3. The molecular weight excluding hydrogens is 621 g/mol. The van der Waals surface area contributed by atoms with Gasteiger partial charge in [-0.2, -0.15) is 0 Å². The molecule has 18 rings (SSSR count). The Bertz CT molecular complexity index is 3890. The Morgan fingerprint density at radius 1 is 0.569 bits per heavy atom. The number of esters is 1. The Labute approximate surface area is 288 Å². The highest BCUT2D eigenvalue weighted by molar-refractivity contribution is 6.64. The molecule has 230 valence electrons. The molecule has 0 fully saturated rings. The fourth-order valence-electron chi connectivity index (χ4n) is 15.0. The van der Waals surface area contributed by atoms with E-state index in [1.807, 2.05) is 6.07 Å². The van der Waals surface area contributed by atoms with Crippen LogP contribution >= 0.6 is 0 Å². The van der Waals surface area contributed by atoms with Crippen LogP contribution in [0.1, 0.15) is 71.9 Å². The Balaban J connectivity index is 1.20. The Morgan fingerprint density at radius 3 is 1.90 bits per heavy atom. The van der Waals surface area contributed by atoms with Crippen LogP contribution in [0.3, 0.4) is 0 Å². The van der Waals surface area contributed by atoms with Gasteiger partial charge in [0.25, 0.3) is 0 Å². The summed E-state index contributed by atoms with van der Waals surface area (Å²) in [4.78, 5) is 12.9. The Kier molecular flexibility index (Phi) is 2.75. The SMILES string of the molecule is COC(=O)c1ccc2c(c1)CC13C=C4Cc5cc6c7c8c(cc9c%10c8c8c%11c7c5c5c4c1c1c4c(cc7cc(c%12c7c4c(c1c5%11)c8c%12%10)C9)C3C2)C6. The average molecular weight is 643 g/mol. The van der Waals surface area contributed by atoms with E-state index in [4.69, 9.17) is 4.74 Å². The number of ether oxygens (including phenoxy) is 1. The van der Waals surface area contributed by atoms with Crippen molar-refractivity contribution in [1.82, 2.24) is 0 Å². The van der Waals surface area contributed by atoms with Crippen LogP contribution in [0, 0.1) is 0 Å². The quantitative estimate of drug-likeness (QED) is 0.132. The van der Waals surface area contributed by atoms with Gasteiger partial charge in [-0.15, -0.1) is 0 Å². The summed E-state index contributed by atoms with van der Waals surface area (Å²) < 4.78 is 5.23. The van der Waals surface area contributed by atoms with Crippen LogP contribution in [0.5, 0.6) is 0 Å². The zero-order valence-electron chi connectivity index (χ0n) is 27.5. The molecule has 0 radical (unpaired) electrons. The summed E-state index contributed by atoms with van der Waals surface area (Å²) in [7, 11) is 1.50. The van der Waals surface area contributed by atoms with Gasteiger partial charge in [-0.3, -0.25) is 0 Å². The Morgan fingerprint density at radius 2 is 1.16 bits per heavy atom. The summed E-state index contributed by atoms with van der Waals surface area (Å²) in [6.45, 7) is 0. The molecule has 0 saturated carbocycles. The smallest absolute Gasteiger partial charge is 0.337 e.